The van der Waals surface area contributed by atoms with Gasteiger partial charge in [0, 0.05) is 36.7 Å². The van der Waals surface area contributed by atoms with Gasteiger partial charge in [0.25, 0.3) is 0 Å². The van der Waals surface area contributed by atoms with Crippen molar-refractivity contribution in [1.82, 2.24) is 24.7 Å². The first-order chi connectivity index (χ1) is 18.1. The second-order valence-electron chi connectivity index (χ2n) is 9.51. The second-order valence-corrected chi connectivity index (χ2v) is 9.92. The Hall–Kier alpha value is -3.75. The maximum atomic E-state index is 11.9. The van der Waals surface area contributed by atoms with Gasteiger partial charge in [-0.1, -0.05) is 29.8 Å². The van der Waals surface area contributed by atoms with Gasteiger partial charge in [-0.3, -0.25) is 5.10 Å². The Morgan fingerprint density at radius 3 is 2.57 bits per heavy atom. The number of hydrogen-bond donors (Lipinski definition) is 2. The van der Waals surface area contributed by atoms with Gasteiger partial charge < -0.3 is 15.2 Å². The van der Waals surface area contributed by atoms with Crippen molar-refractivity contribution in [2.75, 3.05) is 24.5 Å². The van der Waals surface area contributed by atoms with E-state index in [1.165, 1.54) is 18.6 Å². The monoisotopic (exact) mass is 515 g/mol. The first-order valence-corrected chi connectivity index (χ1v) is 12.8. The van der Waals surface area contributed by atoms with E-state index in [0.717, 1.165) is 53.8 Å². The Kier molecular flexibility index (Phi) is 6.36. The van der Waals surface area contributed by atoms with Crippen LogP contribution in [-0.4, -0.2) is 44.4 Å². The molecule has 1 saturated carbocycles. The quantitative estimate of drug-likeness (QED) is 0.338. The highest BCUT2D eigenvalue weighted by atomic mass is 35.5. The van der Waals surface area contributed by atoms with Crippen LogP contribution in [0.15, 0.2) is 79.3 Å². The molecule has 3 aromatic heterocycles. The Morgan fingerprint density at radius 2 is 1.86 bits per heavy atom. The van der Waals surface area contributed by atoms with E-state index in [4.69, 9.17) is 27.3 Å². The third-order valence-electron chi connectivity index (χ3n) is 7.38. The van der Waals surface area contributed by atoms with Crippen molar-refractivity contribution in [3.8, 4) is 16.9 Å². The van der Waals surface area contributed by atoms with Crippen molar-refractivity contribution in [3.63, 3.8) is 0 Å². The number of nitrogens with two attached hydrogens (primary N) is 1. The van der Waals surface area contributed by atoms with Gasteiger partial charge in [0.1, 0.15) is 17.2 Å². The standard InChI is InChI=1S/C22H22ClN7.C6H5F/c23-18-9-13(29-6-1-2-7-29)3-4-15(18)20-21-22(28-27-20)26-19(11-25-21)30-8-5-14-16(10-24)17(14)12-30;7-6-4-2-1-3-5-6/h1-4,6-7,9,11,14,16-17H,5,8,10,12,24H2,(H,26,27,28);1-5H. The normalized spacial score (nSPS) is 20.3. The van der Waals surface area contributed by atoms with E-state index in [9.17, 15) is 4.39 Å². The van der Waals surface area contributed by atoms with Crippen LogP contribution in [0, 0.1) is 23.6 Å². The lowest BCUT2D eigenvalue weighted by Crippen LogP contribution is -2.32. The average molecular weight is 516 g/mol. The number of halogens is 2. The van der Waals surface area contributed by atoms with Gasteiger partial charge in [-0.15, -0.1) is 0 Å². The van der Waals surface area contributed by atoms with Gasteiger partial charge in [-0.25, -0.2) is 14.4 Å². The van der Waals surface area contributed by atoms with Crippen LogP contribution in [0.25, 0.3) is 28.1 Å². The SMILES string of the molecule is Fc1ccccc1.NCC1C2CCN(c3cnc4c(-c5ccc(-n6cccc6)cc5Cl)[nH]nc4n3)CC12. The molecule has 7 nitrogen and oxygen atoms in total. The highest BCUT2D eigenvalue weighted by molar-refractivity contribution is 6.33. The Labute approximate surface area is 219 Å². The molecule has 0 bridgehead atoms. The number of nitrogens with one attached hydrogen (secondary N) is 1. The smallest absolute Gasteiger partial charge is 0.202 e. The van der Waals surface area contributed by atoms with Crippen molar-refractivity contribution < 1.29 is 4.39 Å². The van der Waals surface area contributed by atoms with E-state index in [2.05, 4.69) is 15.1 Å². The molecule has 3 N–H and O–H groups in total. The van der Waals surface area contributed by atoms with Gasteiger partial charge >= 0.3 is 0 Å². The van der Waals surface area contributed by atoms with Gasteiger partial charge in [-0.2, -0.15) is 5.10 Å². The van der Waals surface area contributed by atoms with Crippen LogP contribution in [-0.2, 0) is 0 Å². The number of benzene rings is 2. The van der Waals surface area contributed by atoms with E-state index < -0.39 is 0 Å². The summed E-state index contributed by atoms with van der Waals surface area (Å²) in [6.07, 6.45) is 7.01. The molecule has 1 aliphatic heterocycles. The summed E-state index contributed by atoms with van der Waals surface area (Å²) in [6.45, 7) is 2.80. The molecular weight excluding hydrogens is 489 g/mol. The van der Waals surface area contributed by atoms with E-state index in [-0.39, 0.29) is 5.82 Å². The summed E-state index contributed by atoms with van der Waals surface area (Å²) >= 11 is 6.61. The maximum Gasteiger partial charge on any atom is 0.202 e. The molecule has 37 heavy (non-hydrogen) atoms. The molecule has 3 atom stereocenters. The van der Waals surface area contributed by atoms with Crippen molar-refractivity contribution in [3.05, 3.63) is 90.1 Å². The summed E-state index contributed by atoms with van der Waals surface area (Å²) in [5.74, 6) is 2.89. The summed E-state index contributed by atoms with van der Waals surface area (Å²) in [6, 6.07) is 17.9. The zero-order chi connectivity index (χ0) is 25.4. The third-order valence-corrected chi connectivity index (χ3v) is 7.69. The summed E-state index contributed by atoms with van der Waals surface area (Å²) < 4.78 is 13.9. The second kappa shape index (κ2) is 9.95. The number of hydrogen-bond acceptors (Lipinski definition) is 5. The molecule has 0 amide bonds. The number of H-pyrrole nitrogens is 1. The Morgan fingerprint density at radius 1 is 1.05 bits per heavy atom. The lowest BCUT2D eigenvalue weighted by molar-refractivity contribution is 0.546. The zero-order valence-electron chi connectivity index (χ0n) is 20.1. The number of aromatic amines is 1. The zero-order valence-corrected chi connectivity index (χ0v) is 20.9. The molecule has 5 aromatic rings. The van der Waals surface area contributed by atoms with Gasteiger partial charge in [-0.05, 0) is 73.2 Å². The fraction of sp³-hybridized carbons (Fsp3) is 0.250. The molecule has 9 heteroatoms. The Balaban J connectivity index is 0.000000314. The van der Waals surface area contributed by atoms with Crippen LogP contribution in [0.1, 0.15) is 6.42 Å². The number of nitrogens with zero attached hydrogens (tertiary/aromatic N) is 5. The molecular formula is C28H27ClFN7. The molecule has 2 fully saturated rings. The maximum absolute atomic E-state index is 11.9. The number of aromatic nitrogens is 5. The number of piperidine rings is 1. The van der Waals surface area contributed by atoms with E-state index in [0.29, 0.717) is 22.5 Å². The molecule has 1 saturated heterocycles. The average Bonchev–Trinajstić information content (AvgIpc) is 3.24. The van der Waals surface area contributed by atoms with Crippen molar-refractivity contribution in [1.29, 1.82) is 0 Å². The molecule has 0 spiro atoms. The van der Waals surface area contributed by atoms with Gasteiger partial charge in [0.2, 0.25) is 5.65 Å². The summed E-state index contributed by atoms with van der Waals surface area (Å²) in [5.41, 5.74) is 9.89. The van der Waals surface area contributed by atoms with Crippen LogP contribution in [0.4, 0.5) is 10.2 Å². The third kappa shape index (κ3) is 4.70. The molecule has 188 valence electrons. The minimum absolute atomic E-state index is 0.178. The van der Waals surface area contributed by atoms with E-state index in [1.54, 1.807) is 18.2 Å². The molecule has 0 radical (unpaired) electrons. The topological polar surface area (TPSA) is 88.6 Å². The lowest BCUT2D eigenvalue weighted by atomic mass is 10.1. The molecule has 4 heterocycles. The minimum atomic E-state index is -0.178. The highest BCUT2D eigenvalue weighted by Gasteiger charge is 2.51. The fourth-order valence-electron chi connectivity index (χ4n) is 5.35. The predicted octanol–water partition coefficient (Wildman–Crippen LogP) is 5.32. The van der Waals surface area contributed by atoms with Crippen LogP contribution < -0.4 is 10.6 Å². The van der Waals surface area contributed by atoms with Crippen molar-refractivity contribution >= 4 is 28.6 Å². The number of anilines is 1. The largest absolute Gasteiger partial charge is 0.355 e. The van der Waals surface area contributed by atoms with Crippen molar-refractivity contribution in [2.45, 2.75) is 6.42 Å². The van der Waals surface area contributed by atoms with E-state index in [1.807, 2.05) is 53.5 Å². The minimum Gasteiger partial charge on any atom is -0.355 e. The van der Waals surface area contributed by atoms with Crippen LogP contribution in [0.5, 0.6) is 0 Å². The number of rotatable bonds is 4. The molecule has 2 aromatic carbocycles. The number of fused-ring (bicyclic) bond motifs is 2. The predicted molar refractivity (Wildman–Crippen MR) is 144 cm³/mol. The van der Waals surface area contributed by atoms with Crippen LogP contribution >= 0.6 is 11.6 Å². The first-order valence-electron chi connectivity index (χ1n) is 12.4. The Bertz CT molecular complexity index is 1500. The molecule has 1 aliphatic carbocycles. The summed E-state index contributed by atoms with van der Waals surface area (Å²) in [7, 11) is 0. The first kappa shape index (κ1) is 23.6. The van der Waals surface area contributed by atoms with Crippen LogP contribution in [0.2, 0.25) is 5.02 Å². The molecule has 7 rings (SSSR count). The molecule has 3 unspecified atom stereocenters. The highest BCUT2D eigenvalue weighted by Crippen LogP contribution is 2.51. The van der Waals surface area contributed by atoms with Crippen molar-refractivity contribution in [2.24, 2.45) is 23.5 Å². The van der Waals surface area contributed by atoms with Gasteiger partial charge in [0.15, 0.2) is 0 Å². The summed E-state index contributed by atoms with van der Waals surface area (Å²) in [5, 5.41) is 8.14. The van der Waals surface area contributed by atoms with E-state index >= 15 is 0 Å². The van der Waals surface area contributed by atoms with Gasteiger partial charge in [0.05, 0.1) is 16.9 Å². The fourth-order valence-corrected chi connectivity index (χ4v) is 5.62. The summed E-state index contributed by atoms with van der Waals surface area (Å²) in [4.78, 5) is 11.8. The van der Waals surface area contributed by atoms with Crippen LogP contribution in [0.3, 0.4) is 0 Å². The lowest BCUT2D eigenvalue weighted by Gasteiger charge is -2.26. The molecule has 2 aliphatic rings.